The number of hydrogen-bond donors (Lipinski definition) is 2. The molecule has 2 aromatic rings. The minimum absolute atomic E-state index is 0.0368. The zero-order valence-corrected chi connectivity index (χ0v) is 15.1. The number of amides is 1. The van der Waals surface area contributed by atoms with Gasteiger partial charge in [0.15, 0.2) is 0 Å². The van der Waals surface area contributed by atoms with Gasteiger partial charge in [-0.2, -0.15) is 0 Å². The molecule has 0 radical (unpaired) electrons. The van der Waals surface area contributed by atoms with Crippen molar-refractivity contribution in [2.75, 3.05) is 32.7 Å². The average molecular weight is 355 g/mol. The molecule has 1 aromatic heterocycles. The lowest BCUT2D eigenvalue weighted by molar-refractivity contribution is -0.122. The van der Waals surface area contributed by atoms with E-state index in [9.17, 15) is 9.59 Å². The highest BCUT2D eigenvalue weighted by molar-refractivity contribution is 5.78. The number of H-pyrrole nitrogens is 1. The number of benzene rings is 1. The van der Waals surface area contributed by atoms with E-state index in [2.05, 4.69) is 32.0 Å². The van der Waals surface area contributed by atoms with Crippen molar-refractivity contribution < 1.29 is 4.79 Å². The van der Waals surface area contributed by atoms with E-state index in [1.54, 1.807) is 6.07 Å². The quantitative estimate of drug-likeness (QED) is 0.832. The van der Waals surface area contributed by atoms with Crippen molar-refractivity contribution in [3.63, 3.8) is 0 Å². The Morgan fingerprint density at radius 2 is 2.00 bits per heavy atom. The van der Waals surface area contributed by atoms with Gasteiger partial charge in [0, 0.05) is 32.2 Å². The van der Waals surface area contributed by atoms with Gasteiger partial charge in [0.1, 0.15) is 5.82 Å². The Morgan fingerprint density at radius 1 is 1.27 bits per heavy atom. The van der Waals surface area contributed by atoms with Gasteiger partial charge in [-0.3, -0.25) is 19.4 Å². The Morgan fingerprint density at radius 3 is 2.73 bits per heavy atom. The van der Waals surface area contributed by atoms with Crippen LogP contribution in [0.2, 0.25) is 0 Å². The van der Waals surface area contributed by atoms with Crippen molar-refractivity contribution in [2.24, 2.45) is 0 Å². The molecular weight excluding hydrogens is 330 g/mol. The van der Waals surface area contributed by atoms with Crippen LogP contribution in [-0.2, 0) is 4.79 Å². The Bertz CT molecular complexity index is 852. The summed E-state index contributed by atoms with van der Waals surface area (Å²) < 4.78 is 0. The van der Waals surface area contributed by atoms with E-state index in [-0.39, 0.29) is 17.5 Å². The third-order valence-electron chi connectivity index (χ3n) is 5.29. The van der Waals surface area contributed by atoms with Gasteiger partial charge >= 0.3 is 0 Å². The summed E-state index contributed by atoms with van der Waals surface area (Å²) in [5.74, 6) is 0.836. The molecule has 4 rings (SSSR count). The zero-order chi connectivity index (χ0) is 18.1. The van der Waals surface area contributed by atoms with Gasteiger partial charge in [0.2, 0.25) is 5.91 Å². The second-order valence-corrected chi connectivity index (χ2v) is 7.30. The molecule has 1 aliphatic heterocycles. The average Bonchev–Trinajstić information content (AvgIpc) is 3.45. The number of nitrogens with one attached hydrogen (secondary N) is 2. The molecule has 0 bridgehead atoms. The highest BCUT2D eigenvalue weighted by Gasteiger charge is 2.27. The number of carbonyl (C=O) groups excluding carboxylic acids is 1. The zero-order valence-electron chi connectivity index (χ0n) is 15.1. The van der Waals surface area contributed by atoms with Gasteiger partial charge < -0.3 is 10.3 Å². The first kappa shape index (κ1) is 17.2. The Balaban J connectivity index is 1.38. The fourth-order valence-corrected chi connectivity index (χ4v) is 3.49. The first-order valence-corrected chi connectivity index (χ1v) is 9.35. The third-order valence-corrected chi connectivity index (χ3v) is 5.29. The largest absolute Gasteiger partial charge is 0.352 e. The summed E-state index contributed by atoms with van der Waals surface area (Å²) in [5, 5.41) is 3.66. The summed E-state index contributed by atoms with van der Waals surface area (Å²) >= 11 is 0. The van der Waals surface area contributed by atoms with Gasteiger partial charge in [0.25, 0.3) is 5.56 Å². The molecule has 1 atom stereocenters. The maximum Gasteiger partial charge on any atom is 0.258 e. The third kappa shape index (κ3) is 3.78. The molecule has 1 aromatic carbocycles. The molecule has 1 saturated heterocycles. The fourth-order valence-electron chi connectivity index (χ4n) is 3.49. The number of fused-ring (bicyclic) bond motifs is 1. The van der Waals surface area contributed by atoms with Gasteiger partial charge in [-0.1, -0.05) is 12.1 Å². The molecule has 26 heavy (non-hydrogen) atoms. The summed E-state index contributed by atoms with van der Waals surface area (Å²) in [6.07, 6.45) is 2.24. The molecule has 0 spiro atoms. The Hall–Kier alpha value is -2.25. The number of para-hydroxylation sites is 1. The highest BCUT2D eigenvalue weighted by atomic mass is 16.2. The van der Waals surface area contributed by atoms with Crippen LogP contribution >= 0.6 is 0 Å². The minimum Gasteiger partial charge on any atom is -0.352 e. The molecule has 2 N–H and O–H groups in total. The molecule has 138 valence electrons. The lowest BCUT2D eigenvalue weighted by atomic mass is 10.2. The molecule has 2 aliphatic rings. The van der Waals surface area contributed by atoms with Crippen LogP contribution in [0.15, 0.2) is 29.1 Å². The summed E-state index contributed by atoms with van der Waals surface area (Å²) in [6.45, 7) is 5.95. The molecular formula is C19H25N5O2. The van der Waals surface area contributed by atoms with Crippen molar-refractivity contribution in [1.82, 2.24) is 25.1 Å². The first-order valence-electron chi connectivity index (χ1n) is 9.35. The summed E-state index contributed by atoms with van der Waals surface area (Å²) in [4.78, 5) is 36.3. The van der Waals surface area contributed by atoms with Crippen molar-refractivity contribution in [3.05, 3.63) is 40.4 Å². The molecule has 7 heteroatoms. The second-order valence-electron chi connectivity index (χ2n) is 7.30. The van der Waals surface area contributed by atoms with Crippen molar-refractivity contribution in [2.45, 2.75) is 31.8 Å². The van der Waals surface area contributed by atoms with Crippen LogP contribution in [0.3, 0.4) is 0 Å². The molecule has 1 unspecified atom stereocenters. The molecule has 1 saturated carbocycles. The van der Waals surface area contributed by atoms with Gasteiger partial charge in [-0.05, 0) is 31.9 Å². The number of piperazine rings is 1. The SMILES string of the molecule is CC(c1nc2ccccc2c(=O)[nH]1)N1CCN(CC(=O)NC2CC2)CC1. The Kier molecular flexibility index (Phi) is 4.74. The normalized spacial score (nSPS) is 20.2. The molecule has 7 nitrogen and oxygen atoms in total. The lowest BCUT2D eigenvalue weighted by Crippen LogP contribution is -2.50. The minimum atomic E-state index is -0.0900. The maximum absolute atomic E-state index is 12.3. The molecule has 1 amide bonds. The van der Waals surface area contributed by atoms with E-state index in [0.717, 1.165) is 44.5 Å². The molecule has 2 heterocycles. The van der Waals surface area contributed by atoms with Gasteiger partial charge in [-0.25, -0.2) is 4.98 Å². The summed E-state index contributed by atoms with van der Waals surface area (Å²) in [6, 6.07) is 7.86. The van der Waals surface area contributed by atoms with E-state index < -0.39 is 0 Å². The van der Waals surface area contributed by atoms with Crippen LogP contribution in [-0.4, -0.2) is 64.4 Å². The van der Waals surface area contributed by atoms with Crippen LogP contribution in [0.5, 0.6) is 0 Å². The number of nitrogens with zero attached hydrogens (tertiary/aromatic N) is 3. The van der Waals surface area contributed by atoms with E-state index in [4.69, 9.17) is 0 Å². The van der Waals surface area contributed by atoms with Crippen LogP contribution in [0.1, 0.15) is 31.6 Å². The first-order chi connectivity index (χ1) is 12.6. The van der Waals surface area contributed by atoms with E-state index in [1.807, 2.05) is 18.2 Å². The van der Waals surface area contributed by atoms with Crippen LogP contribution in [0.4, 0.5) is 0 Å². The van der Waals surface area contributed by atoms with Gasteiger partial charge in [-0.15, -0.1) is 0 Å². The van der Waals surface area contributed by atoms with Crippen molar-refractivity contribution in [1.29, 1.82) is 0 Å². The van der Waals surface area contributed by atoms with Crippen LogP contribution in [0, 0.1) is 0 Å². The van der Waals surface area contributed by atoms with E-state index >= 15 is 0 Å². The second kappa shape index (κ2) is 7.17. The van der Waals surface area contributed by atoms with Crippen LogP contribution < -0.4 is 10.9 Å². The number of carbonyl (C=O) groups is 1. The summed E-state index contributed by atoms with van der Waals surface area (Å²) in [7, 11) is 0. The monoisotopic (exact) mass is 355 g/mol. The lowest BCUT2D eigenvalue weighted by Gasteiger charge is -2.37. The fraction of sp³-hybridized carbons (Fsp3) is 0.526. The number of aromatic nitrogens is 2. The maximum atomic E-state index is 12.3. The van der Waals surface area contributed by atoms with E-state index in [1.165, 1.54) is 0 Å². The smallest absolute Gasteiger partial charge is 0.258 e. The summed E-state index contributed by atoms with van der Waals surface area (Å²) in [5.41, 5.74) is 0.640. The molecule has 1 aliphatic carbocycles. The highest BCUT2D eigenvalue weighted by Crippen LogP contribution is 2.20. The topological polar surface area (TPSA) is 81.3 Å². The Labute approximate surface area is 152 Å². The number of rotatable bonds is 5. The van der Waals surface area contributed by atoms with Gasteiger partial charge in [0.05, 0.1) is 23.5 Å². The number of aromatic amines is 1. The predicted octanol–water partition coefficient (Wildman–Crippen LogP) is 0.880. The predicted molar refractivity (Wildman–Crippen MR) is 100.0 cm³/mol. The van der Waals surface area contributed by atoms with Crippen molar-refractivity contribution >= 4 is 16.8 Å². The van der Waals surface area contributed by atoms with Crippen molar-refractivity contribution in [3.8, 4) is 0 Å². The van der Waals surface area contributed by atoms with Crippen LogP contribution in [0.25, 0.3) is 10.9 Å². The van der Waals surface area contributed by atoms with E-state index in [0.29, 0.717) is 23.8 Å². The standard InChI is InChI=1S/C19H25N5O2/c1-13(18-21-16-5-3-2-4-15(16)19(26)22-18)24-10-8-23(9-11-24)12-17(25)20-14-6-7-14/h2-5,13-14H,6-12H2,1H3,(H,20,25)(H,21,22,26). The number of hydrogen-bond acceptors (Lipinski definition) is 5. The molecule has 2 fully saturated rings.